The van der Waals surface area contributed by atoms with Crippen LogP contribution in [0.25, 0.3) is 0 Å². The van der Waals surface area contributed by atoms with Gasteiger partial charge < -0.3 is 24.8 Å². The first-order valence-electron chi connectivity index (χ1n) is 10.1. The Bertz CT molecular complexity index is 487. The molecule has 0 amide bonds. The van der Waals surface area contributed by atoms with Crippen molar-refractivity contribution in [3.8, 4) is 0 Å². The van der Waals surface area contributed by atoms with Crippen molar-refractivity contribution in [1.29, 1.82) is 0 Å². The fraction of sp³-hybridized carbons (Fsp3) is 0.800. The highest BCUT2D eigenvalue weighted by molar-refractivity contribution is 5.90. The summed E-state index contributed by atoms with van der Waals surface area (Å²) in [6.07, 6.45) is 10.2. The van der Waals surface area contributed by atoms with Crippen LogP contribution in [0.1, 0.15) is 84.0 Å². The number of unbranched alkanes of at least 4 members (excludes halogenated alkanes) is 10. The summed E-state index contributed by atoms with van der Waals surface area (Å²) < 4.78 is 9.70. The third-order valence-electron chi connectivity index (χ3n) is 4.66. The molecular weight excluding hydrogens is 352 g/mol. The van der Waals surface area contributed by atoms with E-state index >= 15 is 0 Å². The minimum Gasteiger partial charge on any atom is -0.499 e. The van der Waals surface area contributed by atoms with Gasteiger partial charge in [-0.1, -0.05) is 71.1 Å². The number of aliphatic hydroxyl groups is 3. The minimum absolute atomic E-state index is 0.157. The summed E-state index contributed by atoms with van der Waals surface area (Å²) in [7, 11) is 0. The van der Waals surface area contributed by atoms with Crippen LogP contribution < -0.4 is 0 Å². The van der Waals surface area contributed by atoms with Crippen LogP contribution in [0, 0.1) is 0 Å². The van der Waals surface area contributed by atoms with Crippen molar-refractivity contribution in [3.05, 3.63) is 11.5 Å². The molecule has 0 aromatic heterocycles. The minimum atomic E-state index is -1.46. The molecule has 7 heteroatoms. The van der Waals surface area contributed by atoms with Gasteiger partial charge in [-0.2, -0.15) is 0 Å². The third-order valence-corrected chi connectivity index (χ3v) is 4.66. The van der Waals surface area contributed by atoms with Crippen molar-refractivity contribution in [2.45, 2.75) is 96.2 Å². The van der Waals surface area contributed by atoms with Crippen molar-refractivity contribution >= 4 is 11.9 Å². The number of esters is 2. The van der Waals surface area contributed by atoms with E-state index in [2.05, 4.69) is 6.92 Å². The molecule has 0 spiro atoms. The van der Waals surface area contributed by atoms with Crippen molar-refractivity contribution in [2.75, 3.05) is 6.61 Å². The molecule has 156 valence electrons. The van der Waals surface area contributed by atoms with Gasteiger partial charge in [0.2, 0.25) is 11.5 Å². The van der Waals surface area contributed by atoms with E-state index in [-0.39, 0.29) is 6.42 Å². The zero-order chi connectivity index (χ0) is 20.1. The van der Waals surface area contributed by atoms with Crippen molar-refractivity contribution in [1.82, 2.24) is 0 Å². The fourth-order valence-corrected chi connectivity index (χ4v) is 3.02. The molecule has 3 N–H and O–H groups in total. The lowest BCUT2D eigenvalue weighted by atomic mass is 10.1. The van der Waals surface area contributed by atoms with E-state index in [1.807, 2.05) is 0 Å². The van der Waals surface area contributed by atoms with E-state index < -0.39 is 42.3 Å². The lowest BCUT2D eigenvalue weighted by Gasteiger charge is -2.17. The predicted octanol–water partition coefficient (Wildman–Crippen LogP) is 3.28. The van der Waals surface area contributed by atoms with E-state index in [0.29, 0.717) is 6.42 Å². The largest absolute Gasteiger partial charge is 0.499 e. The van der Waals surface area contributed by atoms with Gasteiger partial charge in [-0.3, -0.25) is 4.79 Å². The van der Waals surface area contributed by atoms with Crippen molar-refractivity contribution in [3.63, 3.8) is 0 Å². The first kappa shape index (κ1) is 23.4. The molecule has 0 saturated heterocycles. The van der Waals surface area contributed by atoms with E-state index in [1.54, 1.807) is 0 Å². The molecule has 2 atom stereocenters. The van der Waals surface area contributed by atoms with E-state index in [9.17, 15) is 19.8 Å². The smallest absolute Gasteiger partial charge is 0.378 e. The number of rotatable bonds is 15. The first-order chi connectivity index (χ1) is 13.0. The topological polar surface area (TPSA) is 113 Å². The fourth-order valence-electron chi connectivity index (χ4n) is 3.02. The normalized spacial score (nSPS) is 17.9. The molecule has 0 fully saturated rings. The Morgan fingerprint density at radius 2 is 1.56 bits per heavy atom. The Labute approximate surface area is 161 Å². The highest BCUT2D eigenvalue weighted by Crippen LogP contribution is 2.25. The molecule has 1 rings (SSSR count). The molecule has 27 heavy (non-hydrogen) atoms. The van der Waals surface area contributed by atoms with E-state index in [0.717, 1.165) is 19.3 Å². The molecule has 7 nitrogen and oxygen atoms in total. The van der Waals surface area contributed by atoms with Gasteiger partial charge >= 0.3 is 11.9 Å². The maximum Gasteiger partial charge on any atom is 0.378 e. The van der Waals surface area contributed by atoms with Gasteiger partial charge in [0.05, 0.1) is 6.61 Å². The maximum absolute atomic E-state index is 11.9. The standard InChI is InChI=1S/C20H34O7/c1-2-3-4-5-6-7-8-9-10-11-12-13-16(23)26-19-17(24)20(25)27-18(19)15(22)14-21/h15,18,21-22,24H,2-14H2,1H3/t15-,18+/m0/s1. The van der Waals surface area contributed by atoms with Crippen LogP contribution in [-0.4, -0.2) is 46.1 Å². The number of ether oxygens (including phenoxy) is 2. The summed E-state index contributed by atoms with van der Waals surface area (Å²) in [4.78, 5) is 23.2. The van der Waals surface area contributed by atoms with Crippen LogP contribution in [0.3, 0.4) is 0 Å². The van der Waals surface area contributed by atoms with Crippen LogP contribution in [-0.2, 0) is 19.1 Å². The van der Waals surface area contributed by atoms with Crippen LogP contribution >= 0.6 is 0 Å². The Kier molecular flexibility index (Phi) is 11.8. The SMILES string of the molecule is CCCCCCCCCCCCCC(=O)OC1=C(O)C(=O)O[C@@H]1[C@@H](O)CO. The number of cyclic esters (lactones) is 1. The van der Waals surface area contributed by atoms with Gasteiger partial charge in [0.15, 0.2) is 6.10 Å². The molecule has 1 aliphatic rings. The number of aliphatic hydroxyl groups excluding tert-OH is 3. The quantitative estimate of drug-likeness (QED) is 0.292. The average Bonchev–Trinajstić information content (AvgIpc) is 2.93. The van der Waals surface area contributed by atoms with Gasteiger partial charge in [0, 0.05) is 6.42 Å². The summed E-state index contributed by atoms with van der Waals surface area (Å²) in [5, 5.41) is 28.2. The molecule has 0 aliphatic carbocycles. The van der Waals surface area contributed by atoms with E-state index in [1.165, 1.54) is 44.9 Å². The van der Waals surface area contributed by atoms with Crippen LogP contribution in [0.15, 0.2) is 11.5 Å². The zero-order valence-electron chi connectivity index (χ0n) is 16.3. The summed E-state index contributed by atoms with van der Waals surface area (Å²) in [6.45, 7) is 1.53. The van der Waals surface area contributed by atoms with Crippen LogP contribution in [0.5, 0.6) is 0 Å². The molecule has 1 aliphatic heterocycles. The van der Waals surface area contributed by atoms with Gasteiger partial charge in [0.1, 0.15) is 6.10 Å². The molecular formula is C20H34O7. The molecule has 1 heterocycles. The second kappa shape index (κ2) is 13.6. The third kappa shape index (κ3) is 8.75. The summed E-state index contributed by atoms with van der Waals surface area (Å²) in [5.74, 6) is -2.93. The van der Waals surface area contributed by atoms with E-state index in [4.69, 9.17) is 14.6 Å². The molecule has 0 aromatic carbocycles. The molecule has 0 aromatic rings. The second-order valence-corrected chi connectivity index (χ2v) is 7.05. The average molecular weight is 386 g/mol. The number of carbonyl (C=O) groups is 2. The van der Waals surface area contributed by atoms with Gasteiger partial charge in [0.25, 0.3) is 0 Å². The van der Waals surface area contributed by atoms with Crippen LogP contribution in [0.4, 0.5) is 0 Å². The van der Waals surface area contributed by atoms with Crippen molar-refractivity contribution < 1.29 is 34.4 Å². The lowest BCUT2D eigenvalue weighted by Crippen LogP contribution is -2.33. The van der Waals surface area contributed by atoms with Gasteiger partial charge in [-0.15, -0.1) is 0 Å². The summed E-state index contributed by atoms with van der Waals surface area (Å²) >= 11 is 0. The Morgan fingerprint density at radius 1 is 1.04 bits per heavy atom. The summed E-state index contributed by atoms with van der Waals surface area (Å²) in [5.41, 5.74) is 0. The predicted molar refractivity (Wildman–Crippen MR) is 99.8 cm³/mol. The molecule has 0 bridgehead atoms. The Balaban J connectivity index is 2.14. The lowest BCUT2D eigenvalue weighted by molar-refractivity contribution is -0.151. The first-order valence-corrected chi connectivity index (χ1v) is 10.1. The number of hydrogen-bond acceptors (Lipinski definition) is 7. The van der Waals surface area contributed by atoms with Crippen molar-refractivity contribution in [2.24, 2.45) is 0 Å². The highest BCUT2D eigenvalue weighted by atomic mass is 16.6. The monoisotopic (exact) mass is 386 g/mol. The Hall–Kier alpha value is -1.60. The number of carbonyl (C=O) groups excluding carboxylic acids is 2. The zero-order valence-corrected chi connectivity index (χ0v) is 16.3. The summed E-state index contributed by atoms with van der Waals surface area (Å²) in [6, 6.07) is 0. The molecule has 0 radical (unpaired) electrons. The Morgan fingerprint density at radius 3 is 2.07 bits per heavy atom. The molecule has 0 unspecified atom stereocenters. The maximum atomic E-state index is 11.9. The van der Waals surface area contributed by atoms with Gasteiger partial charge in [-0.25, -0.2) is 4.79 Å². The molecule has 0 saturated carbocycles. The van der Waals surface area contributed by atoms with Gasteiger partial charge in [-0.05, 0) is 6.42 Å². The van der Waals surface area contributed by atoms with Crippen LogP contribution in [0.2, 0.25) is 0 Å². The second-order valence-electron chi connectivity index (χ2n) is 7.05. The number of hydrogen-bond donors (Lipinski definition) is 3. The highest BCUT2D eigenvalue weighted by Gasteiger charge is 2.41.